The van der Waals surface area contributed by atoms with Crippen molar-refractivity contribution in [1.82, 2.24) is 0 Å². The van der Waals surface area contributed by atoms with E-state index < -0.39 is 20.7 Å². The number of allylic oxidation sites excluding steroid dienone is 1. The molecule has 5 heteroatoms. The Hall–Kier alpha value is -7.74. The SMILES string of the molecule is Cc1ccc(N(C2=c3ccc4ccc(N(c5ccccc5C)c5cccc(-c6cccc(-c7ccccc7C)c6)c5O)c5ccc(c3c45)I=C2)c2cccc3c2OC2C4C(c5ccccc5C)CC=CC324)c(C)c1. The third kappa shape index (κ3) is 6.74. The van der Waals surface area contributed by atoms with Crippen molar-refractivity contribution in [2.24, 2.45) is 5.92 Å². The first-order valence-corrected chi connectivity index (χ1v) is 28.3. The summed E-state index contributed by atoms with van der Waals surface area (Å²) in [6.07, 6.45) is 6.05. The minimum absolute atomic E-state index is 0.101. The number of phenolic OH excluding ortho intramolecular Hbond substituents is 1. The highest BCUT2D eigenvalue weighted by Gasteiger charge is 2.74. The van der Waals surface area contributed by atoms with Gasteiger partial charge in [-0.25, -0.2) is 0 Å². The molecule has 1 N–H and O–H groups in total. The summed E-state index contributed by atoms with van der Waals surface area (Å²) in [7, 11) is 0. The molecular formula is C69H55IN2O2. The fraction of sp³-hybridized carbons (Fsp3) is 0.145. The van der Waals surface area contributed by atoms with Gasteiger partial charge in [-0.3, -0.25) is 0 Å². The van der Waals surface area contributed by atoms with E-state index >= 15 is 0 Å². The Kier molecular flexibility index (Phi) is 10.4. The molecule has 4 unspecified atom stereocenters. The maximum Gasteiger partial charge on any atom is 0.148 e. The van der Waals surface area contributed by atoms with Crippen molar-refractivity contribution >= 4 is 80.4 Å². The first-order valence-electron chi connectivity index (χ1n) is 25.9. The summed E-state index contributed by atoms with van der Waals surface area (Å²) < 4.78 is 11.3. The van der Waals surface area contributed by atoms with E-state index in [2.05, 4.69) is 243 Å². The summed E-state index contributed by atoms with van der Waals surface area (Å²) >= 11 is -0.559. The van der Waals surface area contributed by atoms with Gasteiger partial charge in [-0.2, -0.15) is 0 Å². The monoisotopic (exact) mass is 1070 g/mol. The van der Waals surface area contributed by atoms with Gasteiger partial charge in [-0.1, -0.05) is 184 Å². The molecule has 0 aromatic heterocycles. The third-order valence-electron chi connectivity index (χ3n) is 16.7. The second-order valence-corrected chi connectivity index (χ2v) is 23.3. The number of nitrogens with zero attached hydrogens (tertiary/aromatic N) is 2. The van der Waals surface area contributed by atoms with Gasteiger partial charge in [0, 0.05) is 48.0 Å². The largest absolute Gasteiger partial charge is 0.505 e. The molecule has 1 fully saturated rings. The number of halogens is 1. The van der Waals surface area contributed by atoms with Crippen LogP contribution in [-0.4, -0.2) is 15.2 Å². The molecule has 14 rings (SSSR count). The lowest BCUT2D eigenvalue weighted by Crippen LogP contribution is -2.27. The number of aromatic hydroxyl groups is 1. The Balaban J connectivity index is 0.952. The number of benzene rings is 10. The Morgan fingerprint density at radius 3 is 2.07 bits per heavy atom. The molecule has 2 aliphatic carbocycles. The van der Waals surface area contributed by atoms with Crippen LogP contribution in [0.2, 0.25) is 0 Å². The Morgan fingerprint density at radius 1 is 0.554 bits per heavy atom. The standard InChI is InChI=1S/C69H55IN2O2/c1-41-29-35-58(45(5)38-41)72(61-28-14-25-55-67(61)74-68-65-52(24-15-37-69(55,65)68)50-22-10-7-17-43(50)3)62-40-70-56-34-33-53-59(36-31-46-30-32-54(62)64(56)63(46)53)71(57-26-11-8-18-44(57)4)60-27-13-23-51(66(60)73)48-20-12-19-47(39-48)49-21-9-6-16-42(49)2/h6-23,25-40,52,65,68,73H,24H2,1-5H3. The molecule has 74 heavy (non-hydrogen) atoms. The zero-order valence-electron chi connectivity index (χ0n) is 42.2. The molecule has 2 heterocycles. The molecule has 0 radical (unpaired) electrons. The van der Waals surface area contributed by atoms with Gasteiger partial charge in [0.05, 0.1) is 28.2 Å². The zero-order chi connectivity index (χ0) is 50.0. The first kappa shape index (κ1) is 44.9. The second-order valence-electron chi connectivity index (χ2n) is 20.9. The molecule has 1 spiro atoms. The van der Waals surface area contributed by atoms with Crippen LogP contribution >= 0.6 is 20.7 Å². The van der Waals surface area contributed by atoms with Gasteiger partial charge in [0.15, 0.2) is 0 Å². The Labute approximate surface area is 443 Å². The average molecular weight is 1070 g/mol. The summed E-state index contributed by atoms with van der Waals surface area (Å²) in [6, 6.07) is 68.4. The summed E-state index contributed by atoms with van der Waals surface area (Å²) in [5.41, 5.74) is 19.1. The van der Waals surface area contributed by atoms with E-state index in [9.17, 15) is 5.11 Å². The minimum atomic E-state index is -0.559. The van der Waals surface area contributed by atoms with E-state index in [4.69, 9.17) is 4.74 Å². The first-order chi connectivity index (χ1) is 36.2. The van der Waals surface area contributed by atoms with Gasteiger partial charge in [-0.05, 0) is 149 Å². The number of fused-ring (bicyclic) bond motifs is 2. The minimum Gasteiger partial charge on any atom is -0.505 e. The van der Waals surface area contributed by atoms with Crippen molar-refractivity contribution in [2.45, 2.75) is 58.5 Å². The van der Waals surface area contributed by atoms with Crippen molar-refractivity contribution in [3.8, 4) is 33.8 Å². The molecule has 0 saturated heterocycles. The molecule has 10 aromatic carbocycles. The van der Waals surface area contributed by atoms with E-state index in [1.165, 1.54) is 69.6 Å². The molecule has 0 amide bonds. The molecule has 2 aliphatic heterocycles. The van der Waals surface area contributed by atoms with Gasteiger partial charge in [0.1, 0.15) is 17.6 Å². The molecule has 10 aromatic rings. The summed E-state index contributed by atoms with van der Waals surface area (Å²) in [4.78, 5) is 4.81. The molecule has 360 valence electrons. The number of phenols is 1. The van der Waals surface area contributed by atoms with Crippen molar-refractivity contribution < 1.29 is 9.84 Å². The molecule has 0 bridgehead atoms. The van der Waals surface area contributed by atoms with E-state index in [1.807, 2.05) is 6.07 Å². The van der Waals surface area contributed by atoms with Crippen molar-refractivity contribution in [2.75, 3.05) is 9.80 Å². The van der Waals surface area contributed by atoms with Crippen LogP contribution in [0.15, 0.2) is 200 Å². The second kappa shape index (κ2) is 17.2. The smallest absolute Gasteiger partial charge is 0.148 e. The van der Waals surface area contributed by atoms with Crippen LogP contribution in [-0.2, 0) is 5.41 Å². The highest BCUT2D eigenvalue weighted by atomic mass is 127. The highest BCUT2D eigenvalue weighted by molar-refractivity contribution is 14.2. The highest BCUT2D eigenvalue weighted by Crippen LogP contribution is 2.72. The summed E-state index contributed by atoms with van der Waals surface area (Å²) in [5.74, 6) is 2.08. The zero-order valence-corrected chi connectivity index (χ0v) is 44.4. The topological polar surface area (TPSA) is 35.9 Å². The van der Waals surface area contributed by atoms with Gasteiger partial charge in [0.25, 0.3) is 0 Å². The van der Waals surface area contributed by atoms with Crippen LogP contribution in [0.25, 0.3) is 49.5 Å². The fourth-order valence-electron chi connectivity index (χ4n) is 13.2. The van der Waals surface area contributed by atoms with Crippen LogP contribution in [0.3, 0.4) is 0 Å². The Morgan fingerprint density at radius 2 is 1.24 bits per heavy atom. The predicted octanol–water partition coefficient (Wildman–Crippen LogP) is 17.0. The normalized spacial score (nSPS) is 18.9. The molecular weight excluding hydrogens is 1020 g/mol. The predicted molar refractivity (Wildman–Crippen MR) is 317 cm³/mol. The number of para-hydroxylation sites is 3. The number of rotatable bonds is 9. The average Bonchev–Trinajstić information content (AvgIpc) is 4.20. The third-order valence-corrected chi connectivity index (χ3v) is 19.2. The number of aryl methyl sites for hydroxylation is 5. The number of anilines is 5. The summed E-state index contributed by atoms with van der Waals surface area (Å²) in [5, 5.41) is 18.8. The van der Waals surface area contributed by atoms with E-state index in [0.717, 1.165) is 68.2 Å². The summed E-state index contributed by atoms with van der Waals surface area (Å²) in [6.45, 7) is 11.0. The van der Waals surface area contributed by atoms with Crippen LogP contribution in [0, 0.1) is 44.1 Å². The molecule has 4 atom stereocenters. The number of ether oxygens (including phenoxy) is 1. The molecule has 4 aliphatic rings. The van der Waals surface area contributed by atoms with E-state index in [0.29, 0.717) is 11.8 Å². The van der Waals surface area contributed by atoms with Crippen LogP contribution in [0.5, 0.6) is 11.5 Å². The lowest BCUT2D eigenvalue weighted by molar-refractivity contribution is 0.285. The Bertz CT molecular complexity index is 4110. The molecule has 4 nitrogen and oxygen atoms in total. The van der Waals surface area contributed by atoms with Gasteiger partial charge >= 0.3 is 0 Å². The van der Waals surface area contributed by atoms with Crippen LogP contribution < -0.4 is 19.8 Å². The quantitative estimate of drug-likeness (QED) is 0.115. The van der Waals surface area contributed by atoms with Gasteiger partial charge < -0.3 is 19.6 Å². The fourth-order valence-corrected chi connectivity index (χ4v) is 15.7. The maximum absolute atomic E-state index is 12.7. The number of hydrogen-bond acceptors (Lipinski definition) is 4. The van der Waals surface area contributed by atoms with E-state index in [-0.39, 0.29) is 17.3 Å². The van der Waals surface area contributed by atoms with Crippen molar-refractivity contribution in [1.29, 1.82) is 0 Å². The molecule has 1 saturated carbocycles. The van der Waals surface area contributed by atoms with Crippen molar-refractivity contribution in [3.63, 3.8) is 0 Å². The van der Waals surface area contributed by atoms with Crippen LogP contribution in [0.4, 0.5) is 28.4 Å². The number of hydrogen-bond donors (Lipinski definition) is 1. The lowest BCUT2D eigenvalue weighted by Gasteiger charge is -2.32. The maximum atomic E-state index is 12.7. The lowest BCUT2D eigenvalue weighted by atomic mass is 9.78. The van der Waals surface area contributed by atoms with Gasteiger partial charge in [-0.15, -0.1) is 0 Å². The van der Waals surface area contributed by atoms with Crippen molar-refractivity contribution in [3.05, 3.63) is 248 Å². The van der Waals surface area contributed by atoms with Gasteiger partial charge in [0.2, 0.25) is 0 Å². The van der Waals surface area contributed by atoms with Crippen LogP contribution in [0.1, 0.15) is 51.3 Å². The van der Waals surface area contributed by atoms with E-state index in [1.54, 1.807) is 0 Å².